The quantitative estimate of drug-likeness (QED) is 0.512. The van der Waals surface area contributed by atoms with Gasteiger partial charge in [-0.15, -0.1) is 26.6 Å². The summed E-state index contributed by atoms with van der Waals surface area (Å²) < 4.78 is 1.54. The van der Waals surface area contributed by atoms with Crippen LogP contribution in [0.1, 0.15) is 34.7 Å². The number of hydrogen-bond donors (Lipinski definition) is 2. The van der Waals surface area contributed by atoms with Crippen LogP contribution < -0.4 is 5.73 Å². The van der Waals surface area contributed by atoms with E-state index in [0.717, 1.165) is 18.5 Å². The second-order valence-corrected chi connectivity index (χ2v) is 8.05. The number of H-pyrrole nitrogens is 1. The third-order valence-electron chi connectivity index (χ3n) is 5.57. The molecule has 1 aliphatic rings. The molecule has 1 amide bonds. The fourth-order valence-corrected chi connectivity index (χ4v) is 4.63. The van der Waals surface area contributed by atoms with Crippen molar-refractivity contribution in [2.45, 2.75) is 18.3 Å². The molecule has 0 aliphatic carbocycles. The van der Waals surface area contributed by atoms with Crippen LogP contribution in [0.2, 0.25) is 0 Å². The monoisotopic (exact) mass is 421 g/mol. The molecular formula is C19H19N9OS. The van der Waals surface area contributed by atoms with Crippen molar-refractivity contribution in [2.75, 3.05) is 18.8 Å². The number of likely N-dealkylation sites (tertiary alicyclic amines) is 1. The van der Waals surface area contributed by atoms with E-state index in [-0.39, 0.29) is 17.1 Å². The molecule has 152 valence electrons. The van der Waals surface area contributed by atoms with Crippen molar-refractivity contribution in [1.29, 1.82) is 0 Å². The van der Waals surface area contributed by atoms with Crippen molar-refractivity contribution in [1.82, 2.24) is 39.8 Å². The van der Waals surface area contributed by atoms with E-state index in [1.165, 1.54) is 34.1 Å². The molecule has 1 aliphatic heterocycles. The fraction of sp³-hybridized carbons (Fsp3) is 0.263. The number of benzene rings is 1. The molecule has 3 aromatic heterocycles. The van der Waals surface area contributed by atoms with Crippen molar-refractivity contribution in [3.05, 3.63) is 65.4 Å². The Labute approximate surface area is 175 Å². The standard InChI is InChI=1S/C19H19N9OS/c20-17-23-14(10-30-17)19(13-4-2-1-3-5-13)6-8-27(9-7-19)16(29)15-24-18(26-25-15)28-11-21-22-12-28/h1-5,10-12H,6-9H2,(H2,20,23)(H,24,25,26). The van der Waals surface area contributed by atoms with E-state index >= 15 is 0 Å². The number of aromatic amines is 1. The first-order chi connectivity index (χ1) is 14.7. The highest BCUT2D eigenvalue weighted by Crippen LogP contribution is 2.42. The molecule has 5 rings (SSSR count). The summed E-state index contributed by atoms with van der Waals surface area (Å²) in [6, 6.07) is 10.3. The van der Waals surface area contributed by atoms with Crippen LogP contribution in [0.15, 0.2) is 48.4 Å². The van der Waals surface area contributed by atoms with Crippen LogP contribution in [0, 0.1) is 0 Å². The molecule has 1 fully saturated rings. The normalized spacial score (nSPS) is 15.9. The number of hydrogen-bond acceptors (Lipinski definition) is 8. The zero-order chi connectivity index (χ0) is 20.6. The molecule has 3 N–H and O–H groups in total. The number of nitrogen functional groups attached to an aromatic ring is 1. The Hall–Kier alpha value is -3.60. The van der Waals surface area contributed by atoms with E-state index in [1.807, 2.05) is 23.6 Å². The minimum absolute atomic E-state index is 0.179. The van der Waals surface area contributed by atoms with Crippen molar-refractivity contribution in [3.63, 3.8) is 0 Å². The second kappa shape index (κ2) is 7.34. The first-order valence-corrected chi connectivity index (χ1v) is 10.4. The molecule has 0 spiro atoms. The molecule has 0 radical (unpaired) electrons. The van der Waals surface area contributed by atoms with Crippen LogP contribution in [0.4, 0.5) is 5.13 Å². The predicted octanol–water partition coefficient (Wildman–Crippen LogP) is 1.65. The molecule has 11 heteroatoms. The van der Waals surface area contributed by atoms with Crippen LogP contribution in [0.25, 0.3) is 5.95 Å². The number of nitrogens with one attached hydrogen (secondary N) is 1. The molecule has 0 saturated carbocycles. The largest absolute Gasteiger partial charge is 0.375 e. The highest BCUT2D eigenvalue weighted by atomic mass is 32.1. The van der Waals surface area contributed by atoms with Crippen molar-refractivity contribution in [2.24, 2.45) is 0 Å². The summed E-state index contributed by atoms with van der Waals surface area (Å²) in [5.41, 5.74) is 7.83. The molecule has 1 saturated heterocycles. The maximum Gasteiger partial charge on any atom is 0.291 e. The topological polar surface area (TPSA) is 132 Å². The molecule has 0 atom stereocenters. The number of nitrogens with zero attached hydrogens (tertiary/aromatic N) is 7. The number of carbonyl (C=O) groups is 1. The summed E-state index contributed by atoms with van der Waals surface area (Å²) in [7, 11) is 0. The summed E-state index contributed by atoms with van der Waals surface area (Å²) in [4.78, 5) is 23.7. The number of amides is 1. The van der Waals surface area contributed by atoms with E-state index in [4.69, 9.17) is 5.73 Å². The van der Waals surface area contributed by atoms with Crippen molar-refractivity contribution in [3.8, 4) is 5.95 Å². The number of piperidine rings is 1. The van der Waals surface area contributed by atoms with Crippen LogP contribution in [-0.2, 0) is 5.41 Å². The number of carbonyl (C=O) groups excluding carboxylic acids is 1. The Morgan fingerprint density at radius 3 is 2.50 bits per heavy atom. The average molecular weight is 421 g/mol. The van der Waals surface area contributed by atoms with Gasteiger partial charge in [-0.3, -0.25) is 14.5 Å². The average Bonchev–Trinajstić information content (AvgIpc) is 3.55. The van der Waals surface area contributed by atoms with Gasteiger partial charge in [-0.05, 0) is 18.4 Å². The minimum Gasteiger partial charge on any atom is -0.375 e. The van der Waals surface area contributed by atoms with E-state index in [0.29, 0.717) is 24.2 Å². The third kappa shape index (κ3) is 3.12. The van der Waals surface area contributed by atoms with Gasteiger partial charge in [-0.2, -0.15) is 4.98 Å². The molecule has 10 nitrogen and oxygen atoms in total. The van der Waals surface area contributed by atoms with E-state index in [9.17, 15) is 4.79 Å². The third-order valence-corrected chi connectivity index (χ3v) is 6.24. The second-order valence-electron chi connectivity index (χ2n) is 7.16. The molecule has 1 aromatic carbocycles. The molecule has 30 heavy (non-hydrogen) atoms. The Kier molecular flexibility index (Phi) is 4.51. The SMILES string of the molecule is Nc1nc(C2(c3ccccc3)CCN(C(=O)c3nc(-n4cnnc4)n[nH]3)CC2)cs1. The van der Waals surface area contributed by atoms with Gasteiger partial charge in [0, 0.05) is 23.9 Å². The summed E-state index contributed by atoms with van der Waals surface area (Å²) in [5.74, 6) is 0.349. The van der Waals surface area contributed by atoms with Gasteiger partial charge in [0.25, 0.3) is 11.9 Å². The smallest absolute Gasteiger partial charge is 0.291 e. The lowest BCUT2D eigenvalue weighted by atomic mass is 9.70. The summed E-state index contributed by atoms with van der Waals surface area (Å²) in [6.07, 6.45) is 4.45. The van der Waals surface area contributed by atoms with Gasteiger partial charge >= 0.3 is 0 Å². The van der Waals surface area contributed by atoms with Crippen LogP contribution in [0.3, 0.4) is 0 Å². The Bertz CT molecular complexity index is 1140. The first kappa shape index (κ1) is 18.4. The van der Waals surface area contributed by atoms with Gasteiger partial charge in [0.2, 0.25) is 5.82 Å². The summed E-state index contributed by atoms with van der Waals surface area (Å²) >= 11 is 1.45. The Balaban J connectivity index is 1.38. The highest BCUT2D eigenvalue weighted by molar-refractivity contribution is 7.13. The Morgan fingerprint density at radius 1 is 1.10 bits per heavy atom. The van der Waals surface area contributed by atoms with Crippen LogP contribution >= 0.6 is 11.3 Å². The van der Waals surface area contributed by atoms with E-state index in [2.05, 4.69) is 42.5 Å². The fourth-order valence-electron chi connectivity index (χ4n) is 3.97. The van der Waals surface area contributed by atoms with Gasteiger partial charge in [0.15, 0.2) is 5.13 Å². The number of thiazole rings is 1. The van der Waals surface area contributed by atoms with Gasteiger partial charge in [0.05, 0.1) is 5.69 Å². The lowest BCUT2D eigenvalue weighted by Gasteiger charge is -2.41. The van der Waals surface area contributed by atoms with Crippen LogP contribution in [-0.4, -0.2) is 58.8 Å². The number of nitrogens with two attached hydrogens (primary N) is 1. The van der Waals surface area contributed by atoms with E-state index < -0.39 is 0 Å². The van der Waals surface area contributed by atoms with Gasteiger partial charge < -0.3 is 10.6 Å². The summed E-state index contributed by atoms with van der Waals surface area (Å²) in [5, 5.41) is 16.8. The lowest BCUT2D eigenvalue weighted by Crippen LogP contribution is -2.46. The molecule has 4 heterocycles. The van der Waals surface area contributed by atoms with Gasteiger partial charge in [-0.1, -0.05) is 30.3 Å². The number of anilines is 1. The lowest BCUT2D eigenvalue weighted by molar-refractivity contribution is 0.0672. The molecular weight excluding hydrogens is 402 g/mol. The number of aromatic nitrogens is 7. The Morgan fingerprint density at radius 2 is 1.83 bits per heavy atom. The first-order valence-electron chi connectivity index (χ1n) is 9.49. The van der Waals surface area contributed by atoms with Crippen molar-refractivity contribution < 1.29 is 4.79 Å². The predicted molar refractivity (Wildman–Crippen MR) is 110 cm³/mol. The maximum atomic E-state index is 13.0. The molecule has 0 unspecified atom stereocenters. The van der Waals surface area contributed by atoms with E-state index in [1.54, 1.807) is 4.90 Å². The number of rotatable bonds is 4. The zero-order valence-corrected chi connectivity index (χ0v) is 16.8. The molecule has 4 aromatic rings. The molecule has 0 bridgehead atoms. The van der Waals surface area contributed by atoms with Crippen molar-refractivity contribution >= 4 is 22.4 Å². The summed E-state index contributed by atoms with van der Waals surface area (Å²) in [6.45, 7) is 1.15. The zero-order valence-electron chi connectivity index (χ0n) is 16.0. The van der Waals surface area contributed by atoms with Gasteiger partial charge in [-0.25, -0.2) is 4.98 Å². The highest BCUT2D eigenvalue weighted by Gasteiger charge is 2.41. The maximum absolute atomic E-state index is 13.0. The minimum atomic E-state index is -0.263. The van der Waals surface area contributed by atoms with Crippen LogP contribution in [0.5, 0.6) is 0 Å². The van der Waals surface area contributed by atoms with Gasteiger partial charge in [0.1, 0.15) is 12.7 Å².